The van der Waals surface area contributed by atoms with Crippen molar-refractivity contribution in [3.63, 3.8) is 0 Å². The molecule has 17 heavy (non-hydrogen) atoms. The largest absolute Gasteiger partial charge is 0.508 e. The maximum absolute atomic E-state index is 11.2. The average molecular weight is 299 g/mol. The Morgan fingerprint density at radius 2 is 2.00 bits per heavy atom. The lowest BCUT2D eigenvalue weighted by atomic mass is 10.2. The Labute approximate surface area is 113 Å². The third kappa shape index (κ3) is 5.86. The van der Waals surface area contributed by atoms with E-state index in [-0.39, 0.29) is 18.9 Å². The number of ether oxygens (including phenoxy) is 1. The summed E-state index contributed by atoms with van der Waals surface area (Å²) in [5.41, 5.74) is 0.568. The molecule has 0 aliphatic rings. The van der Waals surface area contributed by atoms with Crippen LogP contribution in [-0.4, -0.2) is 21.6 Å². The average Bonchev–Trinajstić information content (AvgIpc) is 2.24. The molecule has 0 heterocycles. The van der Waals surface area contributed by atoms with E-state index >= 15 is 0 Å². The number of alkyl halides is 3. The van der Waals surface area contributed by atoms with Gasteiger partial charge < -0.3 is 15.2 Å². The van der Waals surface area contributed by atoms with E-state index in [0.29, 0.717) is 5.56 Å². The molecule has 4 nitrogen and oxygen atoms in total. The highest BCUT2D eigenvalue weighted by atomic mass is 35.6. The normalized spacial score (nSPS) is 11.0. The molecule has 0 radical (unpaired) electrons. The summed E-state index contributed by atoms with van der Waals surface area (Å²) < 4.78 is 3.01. The summed E-state index contributed by atoms with van der Waals surface area (Å²) in [5.74, 6) is 0.0918. The third-order valence-electron chi connectivity index (χ3n) is 1.78. The minimum Gasteiger partial charge on any atom is -0.508 e. The van der Waals surface area contributed by atoms with Crippen molar-refractivity contribution in [2.45, 2.75) is 10.3 Å². The minimum atomic E-state index is -1.63. The summed E-state index contributed by atoms with van der Waals surface area (Å²) in [6.07, 6.45) is -0.723. The summed E-state index contributed by atoms with van der Waals surface area (Å²) in [7, 11) is 0. The number of benzene rings is 1. The van der Waals surface area contributed by atoms with Gasteiger partial charge in [0.2, 0.25) is 3.79 Å². The maximum atomic E-state index is 11.2. The summed E-state index contributed by atoms with van der Waals surface area (Å²) >= 11 is 16.2. The maximum Gasteiger partial charge on any atom is 0.407 e. The van der Waals surface area contributed by atoms with E-state index in [1.807, 2.05) is 0 Å². The van der Waals surface area contributed by atoms with Crippen LogP contribution in [0.15, 0.2) is 24.3 Å². The number of hydrogen-bond donors (Lipinski definition) is 2. The molecule has 0 fully saturated rings. The van der Waals surface area contributed by atoms with Crippen molar-refractivity contribution in [1.82, 2.24) is 5.32 Å². The molecular formula is C10H10Cl3NO3. The lowest BCUT2D eigenvalue weighted by Gasteiger charge is -2.12. The second-order valence-electron chi connectivity index (χ2n) is 3.17. The topological polar surface area (TPSA) is 58.6 Å². The number of aromatic hydroxyl groups is 1. The van der Waals surface area contributed by atoms with Gasteiger partial charge in [-0.2, -0.15) is 0 Å². The lowest BCUT2D eigenvalue weighted by molar-refractivity contribution is 0.147. The van der Waals surface area contributed by atoms with E-state index in [2.05, 4.69) is 10.1 Å². The predicted molar refractivity (Wildman–Crippen MR) is 66.6 cm³/mol. The number of carbonyl (C=O) groups is 1. The summed E-state index contributed by atoms with van der Waals surface area (Å²) in [6.45, 7) is -0.213. The molecule has 1 aromatic rings. The van der Waals surface area contributed by atoms with Crippen molar-refractivity contribution in [3.8, 4) is 5.75 Å². The van der Waals surface area contributed by atoms with Crippen LogP contribution in [0.5, 0.6) is 5.75 Å². The molecule has 0 spiro atoms. The van der Waals surface area contributed by atoms with Crippen LogP contribution < -0.4 is 5.32 Å². The van der Waals surface area contributed by atoms with Gasteiger partial charge in [-0.25, -0.2) is 4.79 Å². The molecule has 0 aliphatic heterocycles. The number of alkyl carbamates (subject to hydrolysis) is 1. The number of rotatable bonds is 3. The lowest BCUT2D eigenvalue weighted by Crippen LogP contribution is -2.27. The van der Waals surface area contributed by atoms with Crippen LogP contribution in [0, 0.1) is 0 Å². The second-order valence-corrected chi connectivity index (χ2v) is 5.69. The Bertz CT molecular complexity index is 393. The fourth-order valence-electron chi connectivity index (χ4n) is 1.03. The number of para-hydroxylation sites is 1. The highest BCUT2D eigenvalue weighted by molar-refractivity contribution is 6.67. The van der Waals surface area contributed by atoms with Crippen LogP contribution in [0.4, 0.5) is 4.79 Å². The number of carbonyl (C=O) groups excluding carboxylic acids is 1. The number of amides is 1. The molecule has 0 aliphatic carbocycles. The zero-order valence-electron chi connectivity index (χ0n) is 8.62. The Kier molecular flexibility index (Phi) is 5.18. The molecule has 1 rings (SSSR count). The van der Waals surface area contributed by atoms with Crippen LogP contribution in [0.25, 0.3) is 0 Å². The van der Waals surface area contributed by atoms with Gasteiger partial charge in [0.15, 0.2) is 0 Å². The van der Waals surface area contributed by atoms with Gasteiger partial charge in [-0.05, 0) is 6.07 Å². The van der Waals surface area contributed by atoms with Crippen molar-refractivity contribution in [2.24, 2.45) is 0 Å². The molecule has 0 bridgehead atoms. The number of phenols is 1. The standard InChI is InChI=1S/C10H10Cl3NO3/c11-10(12,13)6-17-9(16)14-5-7-3-1-2-4-8(7)15/h1-4,15H,5-6H2,(H,14,16). The summed E-state index contributed by atoms with van der Waals surface area (Å²) in [6, 6.07) is 6.61. The van der Waals surface area contributed by atoms with E-state index < -0.39 is 9.89 Å². The van der Waals surface area contributed by atoms with Gasteiger partial charge in [0.05, 0.1) is 0 Å². The Morgan fingerprint density at radius 3 is 2.59 bits per heavy atom. The Hall–Kier alpha value is -0.840. The minimum absolute atomic E-state index is 0.0918. The van der Waals surface area contributed by atoms with Gasteiger partial charge in [-0.15, -0.1) is 0 Å². The quantitative estimate of drug-likeness (QED) is 0.843. The molecule has 0 aromatic heterocycles. The Morgan fingerprint density at radius 1 is 1.35 bits per heavy atom. The first kappa shape index (κ1) is 14.2. The molecule has 0 unspecified atom stereocenters. The monoisotopic (exact) mass is 297 g/mol. The molecule has 0 saturated carbocycles. The molecule has 0 atom stereocenters. The van der Waals surface area contributed by atoms with Gasteiger partial charge in [0.1, 0.15) is 12.4 Å². The van der Waals surface area contributed by atoms with E-state index in [1.54, 1.807) is 18.2 Å². The molecule has 1 amide bonds. The van der Waals surface area contributed by atoms with Gasteiger partial charge >= 0.3 is 6.09 Å². The van der Waals surface area contributed by atoms with Gasteiger partial charge in [-0.3, -0.25) is 0 Å². The van der Waals surface area contributed by atoms with E-state index in [9.17, 15) is 9.90 Å². The van der Waals surface area contributed by atoms with Crippen LogP contribution in [0.3, 0.4) is 0 Å². The van der Waals surface area contributed by atoms with Crippen molar-refractivity contribution in [2.75, 3.05) is 6.61 Å². The van der Waals surface area contributed by atoms with Crippen molar-refractivity contribution >= 4 is 40.9 Å². The first-order chi connectivity index (χ1) is 7.88. The van der Waals surface area contributed by atoms with Gasteiger partial charge in [0, 0.05) is 12.1 Å². The Balaban J connectivity index is 2.36. The molecule has 94 valence electrons. The number of halogens is 3. The fourth-order valence-corrected chi connectivity index (χ4v) is 1.19. The highest BCUT2D eigenvalue weighted by Gasteiger charge is 2.22. The van der Waals surface area contributed by atoms with Crippen LogP contribution in [-0.2, 0) is 11.3 Å². The molecule has 2 N–H and O–H groups in total. The molecule has 0 saturated heterocycles. The predicted octanol–water partition coefficient (Wildman–Crippen LogP) is 2.99. The van der Waals surface area contributed by atoms with Crippen LogP contribution >= 0.6 is 34.8 Å². The highest BCUT2D eigenvalue weighted by Crippen LogP contribution is 2.25. The summed E-state index contributed by atoms with van der Waals surface area (Å²) in [5, 5.41) is 11.8. The first-order valence-electron chi connectivity index (χ1n) is 4.63. The summed E-state index contributed by atoms with van der Waals surface area (Å²) in [4.78, 5) is 11.2. The fraction of sp³-hybridized carbons (Fsp3) is 0.300. The SMILES string of the molecule is O=C(NCc1ccccc1O)OCC(Cl)(Cl)Cl. The number of nitrogens with one attached hydrogen (secondary N) is 1. The van der Waals surface area contributed by atoms with E-state index in [4.69, 9.17) is 34.8 Å². The first-order valence-corrected chi connectivity index (χ1v) is 5.76. The number of hydrogen-bond acceptors (Lipinski definition) is 3. The third-order valence-corrected chi connectivity index (χ3v) is 2.11. The number of phenolic OH excluding ortho intramolecular Hbond substituents is 1. The van der Waals surface area contributed by atoms with E-state index in [1.165, 1.54) is 6.07 Å². The van der Waals surface area contributed by atoms with Gasteiger partial charge in [0.25, 0.3) is 0 Å². The van der Waals surface area contributed by atoms with Crippen molar-refractivity contribution in [3.05, 3.63) is 29.8 Å². The van der Waals surface area contributed by atoms with Crippen molar-refractivity contribution < 1.29 is 14.6 Å². The van der Waals surface area contributed by atoms with E-state index in [0.717, 1.165) is 0 Å². The molecular weight excluding hydrogens is 288 g/mol. The second kappa shape index (κ2) is 6.19. The van der Waals surface area contributed by atoms with Crippen LogP contribution in [0.1, 0.15) is 5.56 Å². The zero-order chi connectivity index (χ0) is 12.9. The van der Waals surface area contributed by atoms with Gasteiger partial charge in [-0.1, -0.05) is 53.0 Å². The smallest absolute Gasteiger partial charge is 0.407 e. The zero-order valence-corrected chi connectivity index (χ0v) is 10.9. The molecule has 7 heteroatoms. The molecule has 1 aromatic carbocycles. The van der Waals surface area contributed by atoms with Crippen LogP contribution in [0.2, 0.25) is 0 Å². The van der Waals surface area contributed by atoms with Crippen molar-refractivity contribution in [1.29, 1.82) is 0 Å².